The Bertz CT molecular complexity index is 479. The molecule has 1 saturated heterocycles. The average molecular weight is 534 g/mol. The van der Waals surface area contributed by atoms with Crippen molar-refractivity contribution in [1.29, 1.82) is 0 Å². The van der Waals surface area contributed by atoms with E-state index in [0.29, 0.717) is 24.4 Å². The van der Waals surface area contributed by atoms with E-state index in [1.807, 2.05) is 0 Å². The van der Waals surface area contributed by atoms with Crippen LogP contribution in [0, 0.1) is 11.3 Å². The first-order valence-corrected chi connectivity index (χ1v) is 10.7. The van der Waals surface area contributed by atoms with Crippen LogP contribution in [-0.2, 0) is 4.74 Å². The fourth-order valence-corrected chi connectivity index (χ4v) is 4.15. The Balaban J connectivity index is 0.00000420. The van der Waals surface area contributed by atoms with E-state index in [1.165, 1.54) is 24.2 Å². The molecule has 1 aliphatic carbocycles. The number of methoxy groups -OCH3 is 1. The molecule has 0 atom stereocenters. The zero-order valence-corrected chi connectivity index (χ0v) is 20.2. The van der Waals surface area contributed by atoms with E-state index in [-0.39, 0.29) is 24.0 Å². The van der Waals surface area contributed by atoms with Gasteiger partial charge < -0.3 is 15.4 Å². The van der Waals surface area contributed by atoms with Crippen molar-refractivity contribution in [1.82, 2.24) is 15.5 Å². The molecule has 0 aromatic heterocycles. The Morgan fingerprint density at radius 3 is 2.41 bits per heavy atom. The maximum absolute atomic E-state index is 12.5. The lowest BCUT2D eigenvalue weighted by atomic mass is 9.67. The SMILES string of the molecule is CCNC(=NCC1(CCOC)CCC1)NCCC1CCN(CC(F)(F)F)CC1.I. The van der Waals surface area contributed by atoms with Gasteiger partial charge in [-0.2, -0.15) is 13.2 Å². The fourth-order valence-electron chi connectivity index (χ4n) is 4.15. The van der Waals surface area contributed by atoms with Crippen LogP contribution in [0.2, 0.25) is 0 Å². The highest BCUT2D eigenvalue weighted by Crippen LogP contribution is 2.44. The van der Waals surface area contributed by atoms with Gasteiger partial charge in [0.1, 0.15) is 0 Å². The van der Waals surface area contributed by atoms with E-state index < -0.39 is 12.7 Å². The summed E-state index contributed by atoms with van der Waals surface area (Å²) >= 11 is 0. The maximum Gasteiger partial charge on any atom is 0.401 e. The monoisotopic (exact) mass is 534 g/mol. The van der Waals surface area contributed by atoms with E-state index >= 15 is 0 Å². The number of halogens is 4. The van der Waals surface area contributed by atoms with Gasteiger partial charge in [0, 0.05) is 33.4 Å². The Labute approximate surface area is 190 Å². The van der Waals surface area contributed by atoms with Crippen LogP contribution in [0.25, 0.3) is 0 Å². The molecule has 0 unspecified atom stereocenters. The predicted octanol–water partition coefficient (Wildman–Crippen LogP) is 4.03. The van der Waals surface area contributed by atoms with Gasteiger partial charge in [-0.05, 0) is 69.9 Å². The standard InChI is InChI=1S/C20H37F3N4O.HI/c1-3-24-18(26-15-19(8-4-9-19)10-14-28-2)25-11-5-17-6-12-27(13-7-17)16-20(21,22)23;/h17H,3-16H2,1-2H3,(H2,24,25,26);1H. The highest BCUT2D eigenvalue weighted by molar-refractivity contribution is 14.0. The molecule has 0 aromatic carbocycles. The topological polar surface area (TPSA) is 48.9 Å². The minimum Gasteiger partial charge on any atom is -0.385 e. The van der Waals surface area contributed by atoms with Crippen LogP contribution in [0.5, 0.6) is 0 Å². The van der Waals surface area contributed by atoms with Crippen molar-refractivity contribution in [2.45, 2.75) is 58.0 Å². The summed E-state index contributed by atoms with van der Waals surface area (Å²) in [5.41, 5.74) is 0.295. The number of rotatable bonds is 10. The number of likely N-dealkylation sites (tertiary alicyclic amines) is 1. The molecule has 0 radical (unpaired) electrons. The summed E-state index contributed by atoms with van der Waals surface area (Å²) in [6.45, 7) is 5.58. The summed E-state index contributed by atoms with van der Waals surface area (Å²) < 4.78 is 42.7. The zero-order valence-electron chi connectivity index (χ0n) is 17.8. The van der Waals surface area contributed by atoms with Crippen molar-refractivity contribution < 1.29 is 17.9 Å². The molecule has 5 nitrogen and oxygen atoms in total. The lowest BCUT2D eigenvalue weighted by molar-refractivity contribution is -0.148. The predicted molar refractivity (Wildman–Crippen MR) is 122 cm³/mol. The van der Waals surface area contributed by atoms with Crippen molar-refractivity contribution in [3.63, 3.8) is 0 Å². The first-order valence-electron chi connectivity index (χ1n) is 10.7. The van der Waals surface area contributed by atoms with E-state index in [4.69, 9.17) is 9.73 Å². The summed E-state index contributed by atoms with van der Waals surface area (Å²) in [5, 5.41) is 6.71. The second-order valence-electron chi connectivity index (χ2n) is 8.34. The third-order valence-corrected chi connectivity index (χ3v) is 6.12. The second-order valence-corrected chi connectivity index (χ2v) is 8.34. The molecular weight excluding hydrogens is 496 g/mol. The zero-order chi connectivity index (χ0) is 20.5. The lowest BCUT2D eigenvalue weighted by Crippen LogP contribution is -2.42. The Kier molecular flexibility index (Phi) is 12.2. The molecule has 2 fully saturated rings. The highest BCUT2D eigenvalue weighted by atomic mass is 127. The van der Waals surface area contributed by atoms with Gasteiger partial charge in [0.25, 0.3) is 0 Å². The summed E-state index contributed by atoms with van der Waals surface area (Å²) in [6.07, 6.45) is 3.33. The molecule has 9 heteroatoms. The fraction of sp³-hybridized carbons (Fsp3) is 0.950. The minimum absolute atomic E-state index is 0. The number of guanidine groups is 1. The largest absolute Gasteiger partial charge is 0.401 e. The Morgan fingerprint density at radius 2 is 1.90 bits per heavy atom. The first kappa shape index (κ1) is 26.7. The van der Waals surface area contributed by atoms with Crippen molar-refractivity contribution >= 4 is 29.9 Å². The van der Waals surface area contributed by atoms with Crippen LogP contribution < -0.4 is 10.6 Å². The summed E-state index contributed by atoms with van der Waals surface area (Å²) in [7, 11) is 1.74. The van der Waals surface area contributed by atoms with Gasteiger partial charge in [0.15, 0.2) is 5.96 Å². The summed E-state index contributed by atoms with van der Waals surface area (Å²) in [4.78, 5) is 6.32. The number of aliphatic imine (C=N–C) groups is 1. The van der Waals surface area contributed by atoms with E-state index in [0.717, 1.165) is 57.9 Å². The number of alkyl halides is 3. The second kappa shape index (κ2) is 13.2. The maximum atomic E-state index is 12.5. The number of hydrogen-bond acceptors (Lipinski definition) is 3. The van der Waals surface area contributed by atoms with E-state index in [2.05, 4.69) is 17.6 Å². The normalized spacial score (nSPS) is 20.7. The number of nitrogens with zero attached hydrogens (tertiary/aromatic N) is 2. The third kappa shape index (κ3) is 10.0. The molecule has 2 aliphatic rings. The molecule has 0 spiro atoms. The van der Waals surface area contributed by atoms with Gasteiger partial charge >= 0.3 is 6.18 Å². The van der Waals surface area contributed by atoms with Crippen molar-refractivity contribution in [3.8, 4) is 0 Å². The molecule has 0 amide bonds. The van der Waals surface area contributed by atoms with Crippen molar-refractivity contribution in [2.24, 2.45) is 16.3 Å². The van der Waals surface area contributed by atoms with Crippen LogP contribution in [-0.4, -0.2) is 70.0 Å². The quantitative estimate of drug-likeness (QED) is 0.253. The van der Waals surface area contributed by atoms with Gasteiger partial charge in [-0.15, -0.1) is 24.0 Å². The van der Waals surface area contributed by atoms with Gasteiger partial charge in [0.05, 0.1) is 6.54 Å². The van der Waals surface area contributed by atoms with E-state index in [9.17, 15) is 13.2 Å². The molecule has 0 aromatic rings. The van der Waals surface area contributed by atoms with Gasteiger partial charge in [-0.3, -0.25) is 9.89 Å². The van der Waals surface area contributed by atoms with Gasteiger partial charge in [-0.25, -0.2) is 0 Å². The lowest BCUT2D eigenvalue weighted by Gasteiger charge is -2.40. The number of hydrogen-bond donors (Lipinski definition) is 2. The van der Waals surface area contributed by atoms with Crippen LogP contribution in [0.4, 0.5) is 13.2 Å². The van der Waals surface area contributed by atoms with Crippen LogP contribution in [0.15, 0.2) is 4.99 Å². The minimum atomic E-state index is -4.09. The van der Waals surface area contributed by atoms with E-state index in [1.54, 1.807) is 7.11 Å². The summed E-state index contributed by atoms with van der Waals surface area (Å²) in [6, 6.07) is 0. The molecule has 1 aliphatic heterocycles. The smallest absolute Gasteiger partial charge is 0.385 e. The number of nitrogens with one attached hydrogen (secondary N) is 2. The third-order valence-electron chi connectivity index (χ3n) is 6.12. The van der Waals surface area contributed by atoms with Gasteiger partial charge in [-0.1, -0.05) is 6.42 Å². The first-order chi connectivity index (χ1) is 13.4. The van der Waals surface area contributed by atoms with Crippen LogP contribution in [0.1, 0.15) is 51.9 Å². The highest BCUT2D eigenvalue weighted by Gasteiger charge is 2.36. The molecule has 172 valence electrons. The van der Waals surface area contributed by atoms with Crippen molar-refractivity contribution in [2.75, 3.05) is 53.0 Å². The molecule has 2 N–H and O–H groups in total. The molecule has 1 heterocycles. The van der Waals surface area contributed by atoms with Crippen LogP contribution >= 0.6 is 24.0 Å². The molecule has 0 bridgehead atoms. The number of ether oxygens (including phenoxy) is 1. The molecular formula is C20H38F3IN4O. The number of piperidine rings is 1. The molecule has 29 heavy (non-hydrogen) atoms. The molecule has 2 rings (SSSR count). The Hall–Kier alpha value is -0.290. The summed E-state index contributed by atoms with van der Waals surface area (Å²) in [5.74, 6) is 1.33. The molecule has 1 saturated carbocycles. The Morgan fingerprint density at radius 1 is 1.21 bits per heavy atom. The average Bonchev–Trinajstić information content (AvgIpc) is 2.60. The van der Waals surface area contributed by atoms with Gasteiger partial charge in [0.2, 0.25) is 0 Å². The van der Waals surface area contributed by atoms with Crippen molar-refractivity contribution in [3.05, 3.63) is 0 Å². The van der Waals surface area contributed by atoms with Crippen LogP contribution in [0.3, 0.4) is 0 Å².